The lowest BCUT2D eigenvalue weighted by atomic mass is 9.77. The molecule has 1 saturated heterocycles. The van der Waals surface area contributed by atoms with E-state index in [1.807, 2.05) is 103 Å². The quantitative estimate of drug-likeness (QED) is 0.268. The number of ether oxygens (including phenoxy) is 3. The average molecular weight is 533 g/mol. The number of fused-ring (bicyclic) bond motifs is 1. The van der Waals surface area contributed by atoms with Crippen LogP contribution in [0.15, 0.2) is 60.7 Å². The minimum atomic E-state index is -0.543. The Morgan fingerprint density at radius 3 is 2.26 bits per heavy atom. The molecule has 208 valence electrons. The molecule has 0 unspecified atom stereocenters. The summed E-state index contributed by atoms with van der Waals surface area (Å²) in [5, 5.41) is 4.77. The van der Waals surface area contributed by atoms with Crippen molar-refractivity contribution >= 4 is 29.4 Å². The summed E-state index contributed by atoms with van der Waals surface area (Å²) in [5.41, 5.74) is 0.504. The van der Waals surface area contributed by atoms with Crippen LogP contribution >= 0.6 is 0 Å². The Hall–Kier alpha value is -3.23. The van der Waals surface area contributed by atoms with Crippen molar-refractivity contribution < 1.29 is 28.3 Å². The number of nitrogens with one attached hydrogen (secondary N) is 1. The SMILES string of the molecule is CC(C)(C)OC(=O)NCCCOc1ccc2cc(B3OC(C)(C)C(C)(C)O3)c(OCc3ccccc3)cc2c1. The smallest absolute Gasteiger partial charge is 0.494 e. The zero-order chi connectivity index (χ0) is 28.3. The molecule has 1 amide bonds. The van der Waals surface area contributed by atoms with Gasteiger partial charge in [-0.1, -0.05) is 42.5 Å². The van der Waals surface area contributed by atoms with Crippen LogP contribution in [0, 0.1) is 0 Å². The number of carbonyl (C=O) groups excluding carboxylic acids is 1. The molecule has 39 heavy (non-hydrogen) atoms. The van der Waals surface area contributed by atoms with Crippen LogP contribution in [0.1, 0.15) is 60.5 Å². The van der Waals surface area contributed by atoms with Gasteiger partial charge in [-0.3, -0.25) is 0 Å². The molecule has 1 heterocycles. The van der Waals surface area contributed by atoms with Crippen LogP contribution in [0.3, 0.4) is 0 Å². The van der Waals surface area contributed by atoms with Gasteiger partial charge in [0, 0.05) is 12.0 Å². The molecule has 7 nitrogen and oxygen atoms in total. The van der Waals surface area contributed by atoms with Gasteiger partial charge in [-0.15, -0.1) is 0 Å². The molecule has 4 rings (SSSR count). The van der Waals surface area contributed by atoms with E-state index in [0.29, 0.717) is 31.9 Å². The van der Waals surface area contributed by atoms with Gasteiger partial charge in [0.2, 0.25) is 0 Å². The van der Waals surface area contributed by atoms with Gasteiger partial charge < -0.3 is 28.8 Å². The fourth-order valence-corrected chi connectivity index (χ4v) is 4.14. The first-order valence-electron chi connectivity index (χ1n) is 13.5. The van der Waals surface area contributed by atoms with Gasteiger partial charge in [-0.2, -0.15) is 0 Å². The Balaban J connectivity index is 1.48. The van der Waals surface area contributed by atoms with Crippen molar-refractivity contribution in [2.45, 2.75) is 78.3 Å². The van der Waals surface area contributed by atoms with E-state index in [1.165, 1.54) is 0 Å². The van der Waals surface area contributed by atoms with Crippen molar-refractivity contribution in [1.82, 2.24) is 5.32 Å². The van der Waals surface area contributed by atoms with Gasteiger partial charge in [-0.05, 0) is 89.4 Å². The molecule has 0 atom stereocenters. The van der Waals surface area contributed by atoms with Crippen molar-refractivity contribution in [3.63, 3.8) is 0 Å². The first-order valence-corrected chi connectivity index (χ1v) is 13.5. The van der Waals surface area contributed by atoms with Crippen LogP contribution in [0.4, 0.5) is 4.79 Å². The fraction of sp³-hybridized carbons (Fsp3) is 0.452. The summed E-state index contributed by atoms with van der Waals surface area (Å²) in [4.78, 5) is 11.8. The van der Waals surface area contributed by atoms with E-state index in [-0.39, 0.29) is 0 Å². The van der Waals surface area contributed by atoms with E-state index in [2.05, 4.69) is 11.4 Å². The van der Waals surface area contributed by atoms with Crippen molar-refractivity contribution in [2.24, 2.45) is 0 Å². The largest absolute Gasteiger partial charge is 0.498 e. The van der Waals surface area contributed by atoms with E-state index in [9.17, 15) is 4.79 Å². The minimum Gasteiger partial charge on any atom is -0.494 e. The van der Waals surface area contributed by atoms with Gasteiger partial charge in [0.1, 0.15) is 23.7 Å². The third-order valence-corrected chi connectivity index (χ3v) is 6.94. The molecule has 0 aliphatic carbocycles. The van der Waals surface area contributed by atoms with E-state index in [0.717, 1.165) is 27.5 Å². The Kier molecular flexibility index (Phi) is 8.47. The average Bonchev–Trinajstić information content (AvgIpc) is 3.07. The van der Waals surface area contributed by atoms with Gasteiger partial charge in [0.25, 0.3) is 0 Å². The fourth-order valence-electron chi connectivity index (χ4n) is 4.14. The summed E-state index contributed by atoms with van der Waals surface area (Å²) in [5.74, 6) is 1.46. The minimum absolute atomic E-state index is 0.422. The molecule has 0 bridgehead atoms. The van der Waals surface area contributed by atoms with E-state index >= 15 is 0 Å². The molecule has 3 aromatic rings. The Labute approximate surface area is 232 Å². The van der Waals surface area contributed by atoms with Crippen LogP contribution in [0.2, 0.25) is 0 Å². The number of rotatable bonds is 9. The predicted octanol–water partition coefficient (Wildman–Crippen LogP) is 6.01. The highest BCUT2D eigenvalue weighted by molar-refractivity contribution is 6.63. The second kappa shape index (κ2) is 11.5. The first kappa shape index (κ1) is 28.8. The topological polar surface area (TPSA) is 75.3 Å². The van der Waals surface area contributed by atoms with Crippen LogP contribution in [0.25, 0.3) is 10.8 Å². The van der Waals surface area contributed by atoms with Crippen LogP contribution < -0.4 is 20.3 Å². The monoisotopic (exact) mass is 533 g/mol. The summed E-state index contributed by atoms with van der Waals surface area (Å²) in [7, 11) is -0.543. The summed E-state index contributed by atoms with van der Waals surface area (Å²) < 4.78 is 30.3. The number of alkyl carbamates (subject to hydrolysis) is 1. The zero-order valence-corrected chi connectivity index (χ0v) is 24.1. The molecule has 8 heteroatoms. The third-order valence-electron chi connectivity index (χ3n) is 6.94. The summed E-state index contributed by atoms with van der Waals surface area (Å²) >= 11 is 0. The third kappa shape index (κ3) is 7.46. The van der Waals surface area contributed by atoms with Gasteiger partial charge in [-0.25, -0.2) is 4.79 Å². The number of amides is 1. The lowest BCUT2D eigenvalue weighted by Crippen LogP contribution is -2.41. The van der Waals surface area contributed by atoms with Crippen molar-refractivity contribution in [1.29, 1.82) is 0 Å². The van der Waals surface area contributed by atoms with Crippen molar-refractivity contribution in [3.05, 3.63) is 66.2 Å². The molecule has 1 fully saturated rings. The Morgan fingerprint density at radius 2 is 1.59 bits per heavy atom. The molecule has 3 aromatic carbocycles. The van der Waals surface area contributed by atoms with Crippen LogP contribution in [-0.4, -0.2) is 43.2 Å². The molecule has 1 aliphatic heterocycles. The van der Waals surface area contributed by atoms with Crippen molar-refractivity contribution in [3.8, 4) is 11.5 Å². The molecule has 1 N–H and O–H groups in total. The van der Waals surface area contributed by atoms with E-state index in [1.54, 1.807) is 0 Å². The van der Waals surface area contributed by atoms with Gasteiger partial charge in [0.15, 0.2) is 0 Å². The lowest BCUT2D eigenvalue weighted by molar-refractivity contribution is 0.00578. The highest BCUT2D eigenvalue weighted by Crippen LogP contribution is 2.38. The van der Waals surface area contributed by atoms with Gasteiger partial charge >= 0.3 is 13.2 Å². The van der Waals surface area contributed by atoms with Crippen LogP contribution in [0.5, 0.6) is 11.5 Å². The predicted molar refractivity (Wildman–Crippen MR) is 155 cm³/mol. The molecule has 0 spiro atoms. The summed E-state index contributed by atoms with van der Waals surface area (Å²) in [6.45, 7) is 15.1. The maximum absolute atomic E-state index is 11.8. The van der Waals surface area contributed by atoms with Crippen LogP contribution in [-0.2, 0) is 20.7 Å². The molecule has 1 aliphatic rings. The second-order valence-electron chi connectivity index (χ2n) is 11.9. The standard InChI is InChI=1S/C31H40BNO6/c1-29(2,3)37-28(34)33-16-11-17-35-25-15-14-23-19-26(32-38-30(4,5)31(6,7)39-32)27(20-24(23)18-25)36-21-22-12-9-8-10-13-22/h8-10,12-15,18-20H,11,16-17,21H2,1-7H3,(H,33,34). The summed E-state index contributed by atoms with van der Waals surface area (Å²) in [6, 6.07) is 20.1. The van der Waals surface area contributed by atoms with Crippen molar-refractivity contribution in [2.75, 3.05) is 13.2 Å². The maximum Gasteiger partial charge on any atom is 0.498 e. The second-order valence-corrected chi connectivity index (χ2v) is 11.9. The number of hydrogen-bond acceptors (Lipinski definition) is 6. The highest BCUT2D eigenvalue weighted by Gasteiger charge is 2.52. The first-order chi connectivity index (χ1) is 18.3. The number of carbonyl (C=O) groups is 1. The number of benzene rings is 3. The maximum atomic E-state index is 11.8. The highest BCUT2D eigenvalue weighted by atomic mass is 16.7. The molecular formula is C31H40BNO6. The lowest BCUT2D eigenvalue weighted by Gasteiger charge is -2.32. The normalized spacial score (nSPS) is 16.2. The zero-order valence-electron chi connectivity index (χ0n) is 24.1. The molecule has 0 aromatic heterocycles. The van der Waals surface area contributed by atoms with Gasteiger partial charge in [0.05, 0.1) is 17.8 Å². The van der Waals surface area contributed by atoms with E-state index in [4.69, 9.17) is 23.5 Å². The molecule has 0 saturated carbocycles. The molecule has 0 radical (unpaired) electrons. The molecular weight excluding hydrogens is 493 g/mol. The Morgan fingerprint density at radius 1 is 0.897 bits per heavy atom. The van der Waals surface area contributed by atoms with E-state index < -0.39 is 30.0 Å². The number of hydrogen-bond donors (Lipinski definition) is 1. The Bertz CT molecular complexity index is 1270. The summed E-state index contributed by atoms with van der Waals surface area (Å²) in [6.07, 6.45) is 0.234.